The molecule has 0 fully saturated rings. The average molecular weight is 237 g/mol. The SMILES string of the molecule is Cc1cccc(C(=O)NCC(C)C(C)C)c1F. The molecule has 0 aromatic heterocycles. The Labute approximate surface area is 102 Å². The van der Waals surface area contributed by atoms with Gasteiger partial charge in [-0.05, 0) is 30.4 Å². The van der Waals surface area contributed by atoms with Gasteiger partial charge in [-0.15, -0.1) is 0 Å². The Bertz CT molecular complexity index is 401. The lowest BCUT2D eigenvalue weighted by Crippen LogP contribution is -2.30. The zero-order chi connectivity index (χ0) is 13.0. The van der Waals surface area contributed by atoms with Gasteiger partial charge >= 0.3 is 0 Å². The van der Waals surface area contributed by atoms with Crippen molar-refractivity contribution in [1.82, 2.24) is 5.32 Å². The number of hydrogen-bond acceptors (Lipinski definition) is 1. The van der Waals surface area contributed by atoms with E-state index in [1.54, 1.807) is 19.1 Å². The van der Waals surface area contributed by atoms with E-state index in [0.717, 1.165) is 0 Å². The van der Waals surface area contributed by atoms with Crippen molar-refractivity contribution in [3.8, 4) is 0 Å². The standard InChI is InChI=1S/C14H20FNO/c1-9(2)11(4)8-16-14(17)12-7-5-6-10(3)13(12)15/h5-7,9,11H,8H2,1-4H3,(H,16,17). The summed E-state index contributed by atoms with van der Waals surface area (Å²) < 4.78 is 13.7. The van der Waals surface area contributed by atoms with E-state index < -0.39 is 5.82 Å². The van der Waals surface area contributed by atoms with Gasteiger partial charge in [-0.25, -0.2) is 4.39 Å². The van der Waals surface area contributed by atoms with E-state index in [1.165, 1.54) is 6.07 Å². The van der Waals surface area contributed by atoms with Gasteiger partial charge in [0, 0.05) is 6.54 Å². The highest BCUT2D eigenvalue weighted by atomic mass is 19.1. The molecule has 17 heavy (non-hydrogen) atoms. The summed E-state index contributed by atoms with van der Waals surface area (Å²) in [6.45, 7) is 8.50. The van der Waals surface area contributed by atoms with E-state index in [-0.39, 0.29) is 11.5 Å². The highest BCUT2D eigenvalue weighted by Gasteiger charge is 2.14. The van der Waals surface area contributed by atoms with Crippen molar-refractivity contribution in [2.45, 2.75) is 27.7 Å². The van der Waals surface area contributed by atoms with Crippen LogP contribution in [0.15, 0.2) is 18.2 Å². The van der Waals surface area contributed by atoms with E-state index in [2.05, 4.69) is 26.1 Å². The third-order valence-electron chi connectivity index (χ3n) is 3.16. The largest absolute Gasteiger partial charge is 0.352 e. The minimum atomic E-state index is -0.429. The summed E-state index contributed by atoms with van der Waals surface area (Å²) in [5.74, 6) is 0.116. The lowest BCUT2D eigenvalue weighted by molar-refractivity contribution is 0.0940. The van der Waals surface area contributed by atoms with Crippen LogP contribution in [0.5, 0.6) is 0 Å². The monoisotopic (exact) mass is 237 g/mol. The van der Waals surface area contributed by atoms with Crippen LogP contribution in [0.2, 0.25) is 0 Å². The van der Waals surface area contributed by atoms with Crippen LogP contribution in [0.4, 0.5) is 4.39 Å². The van der Waals surface area contributed by atoms with Crippen molar-refractivity contribution in [3.63, 3.8) is 0 Å². The van der Waals surface area contributed by atoms with Crippen molar-refractivity contribution in [1.29, 1.82) is 0 Å². The molecule has 1 atom stereocenters. The van der Waals surface area contributed by atoms with Gasteiger partial charge in [-0.3, -0.25) is 4.79 Å². The van der Waals surface area contributed by atoms with Crippen molar-refractivity contribution in [3.05, 3.63) is 35.1 Å². The molecule has 0 heterocycles. The van der Waals surface area contributed by atoms with Crippen LogP contribution in [0.3, 0.4) is 0 Å². The number of rotatable bonds is 4. The summed E-state index contributed by atoms with van der Waals surface area (Å²) in [5.41, 5.74) is 0.621. The highest BCUT2D eigenvalue weighted by molar-refractivity contribution is 5.94. The van der Waals surface area contributed by atoms with Crippen LogP contribution in [0.1, 0.15) is 36.7 Å². The predicted octanol–water partition coefficient (Wildman–Crippen LogP) is 3.16. The molecule has 1 rings (SSSR count). The van der Waals surface area contributed by atoms with Gasteiger partial charge in [-0.2, -0.15) is 0 Å². The maximum absolute atomic E-state index is 13.7. The molecule has 0 aliphatic rings. The van der Waals surface area contributed by atoms with E-state index in [9.17, 15) is 9.18 Å². The second kappa shape index (κ2) is 5.80. The van der Waals surface area contributed by atoms with Crippen LogP contribution in [0.25, 0.3) is 0 Å². The first kappa shape index (κ1) is 13.7. The number of carbonyl (C=O) groups excluding carboxylic acids is 1. The Morgan fingerprint density at radius 1 is 1.35 bits per heavy atom. The second-order valence-corrected chi connectivity index (χ2v) is 4.87. The Kier molecular flexibility index (Phi) is 4.67. The molecule has 0 bridgehead atoms. The fourth-order valence-corrected chi connectivity index (χ4v) is 1.41. The summed E-state index contributed by atoms with van der Waals surface area (Å²) in [6.07, 6.45) is 0. The molecule has 1 aromatic carbocycles. The van der Waals surface area contributed by atoms with Crippen LogP contribution < -0.4 is 5.32 Å². The van der Waals surface area contributed by atoms with E-state index >= 15 is 0 Å². The van der Waals surface area contributed by atoms with Crippen LogP contribution in [-0.4, -0.2) is 12.5 Å². The smallest absolute Gasteiger partial charge is 0.254 e. The maximum Gasteiger partial charge on any atom is 0.254 e. The summed E-state index contributed by atoms with van der Waals surface area (Å²) in [5, 5.41) is 2.77. The van der Waals surface area contributed by atoms with Crippen molar-refractivity contribution < 1.29 is 9.18 Å². The molecule has 0 saturated heterocycles. The average Bonchev–Trinajstić information content (AvgIpc) is 2.29. The van der Waals surface area contributed by atoms with Gasteiger partial charge in [-0.1, -0.05) is 32.9 Å². The van der Waals surface area contributed by atoms with E-state index in [4.69, 9.17) is 0 Å². The molecule has 1 N–H and O–H groups in total. The number of hydrogen-bond donors (Lipinski definition) is 1. The number of halogens is 1. The predicted molar refractivity (Wildman–Crippen MR) is 67.5 cm³/mol. The first-order valence-electron chi connectivity index (χ1n) is 5.96. The van der Waals surface area contributed by atoms with Crippen LogP contribution in [0, 0.1) is 24.6 Å². The summed E-state index contributed by atoms with van der Waals surface area (Å²) in [7, 11) is 0. The Balaban J connectivity index is 2.68. The quantitative estimate of drug-likeness (QED) is 0.856. The molecule has 0 aliphatic carbocycles. The fourth-order valence-electron chi connectivity index (χ4n) is 1.41. The van der Waals surface area contributed by atoms with Gasteiger partial charge in [0.15, 0.2) is 0 Å². The molecular weight excluding hydrogens is 217 g/mol. The summed E-state index contributed by atoms with van der Waals surface area (Å²) in [4.78, 5) is 11.8. The first-order valence-corrected chi connectivity index (χ1v) is 5.96. The number of carbonyl (C=O) groups is 1. The fraction of sp³-hybridized carbons (Fsp3) is 0.500. The molecule has 1 aromatic rings. The zero-order valence-corrected chi connectivity index (χ0v) is 10.9. The minimum Gasteiger partial charge on any atom is -0.352 e. The molecule has 1 amide bonds. The second-order valence-electron chi connectivity index (χ2n) is 4.87. The summed E-state index contributed by atoms with van der Waals surface area (Å²) in [6, 6.07) is 4.86. The Morgan fingerprint density at radius 2 is 2.00 bits per heavy atom. The highest BCUT2D eigenvalue weighted by Crippen LogP contribution is 2.12. The van der Waals surface area contributed by atoms with Gasteiger partial charge < -0.3 is 5.32 Å². The van der Waals surface area contributed by atoms with E-state index in [1.807, 2.05) is 0 Å². The molecule has 0 aliphatic heterocycles. The Morgan fingerprint density at radius 3 is 2.59 bits per heavy atom. The lowest BCUT2D eigenvalue weighted by atomic mass is 9.98. The molecular formula is C14H20FNO. The third kappa shape index (κ3) is 3.55. The van der Waals surface area contributed by atoms with Gasteiger partial charge in [0.1, 0.15) is 5.82 Å². The normalized spacial score (nSPS) is 12.6. The zero-order valence-electron chi connectivity index (χ0n) is 10.9. The Hall–Kier alpha value is -1.38. The van der Waals surface area contributed by atoms with E-state index in [0.29, 0.717) is 23.9 Å². The molecule has 1 unspecified atom stereocenters. The molecule has 2 nitrogen and oxygen atoms in total. The minimum absolute atomic E-state index is 0.126. The topological polar surface area (TPSA) is 29.1 Å². The van der Waals surface area contributed by atoms with Crippen LogP contribution in [-0.2, 0) is 0 Å². The lowest BCUT2D eigenvalue weighted by Gasteiger charge is -2.16. The van der Waals surface area contributed by atoms with Crippen molar-refractivity contribution in [2.75, 3.05) is 6.54 Å². The third-order valence-corrected chi connectivity index (χ3v) is 3.16. The van der Waals surface area contributed by atoms with Gasteiger partial charge in [0.05, 0.1) is 5.56 Å². The molecule has 0 radical (unpaired) electrons. The number of amides is 1. The van der Waals surface area contributed by atoms with Gasteiger partial charge in [0.25, 0.3) is 5.91 Å². The van der Waals surface area contributed by atoms with Gasteiger partial charge in [0.2, 0.25) is 0 Å². The molecule has 94 valence electrons. The molecule has 0 spiro atoms. The number of benzene rings is 1. The molecule has 0 saturated carbocycles. The number of aryl methyl sites for hydroxylation is 1. The maximum atomic E-state index is 13.7. The summed E-state index contributed by atoms with van der Waals surface area (Å²) >= 11 is 0. The molecule has 3 heteroatoms. The van der Waals surface area contributed by atoms with Crippen LogP contribution >= 0.6 is 0 Å². The number of nitrogens with one attached hydrogen (secondary N) is 1. The van der Waals surface area contributed by atoms with Crippen molar-refractivity contribution >= 4 is 5.91 Å². The first-order chi connectivity index (χ1) is 7.93. The van der Waals surface area contributed by atoms with Crippen molar-refractivity contribution in [2.24, 2.45) is 11.8 Å².